The number of anilines is 1. The van der Waals surface area contributed by atoms with Crippen LogP contribution in [0.25, 0.3) is 0 Å². The maximum atomic E-state index is 13.0. The van der Waals surface area contributed by atoms with Crippen LogP contribution >= 0.6 is 11.8 Å². The number of ether oxygens (including phenoxy) is 1. The first-order valence-electron chi connectivity index (χ1n) is 10.8. The Morgan fingerprint density at radius 2 is 1.67 bits per heavy atom. The second-order valence-corrected chi connectivity index (χ2v) is 9.56. The van der Waals surface area contributed by atoms with Crippen LogP contribution in [0.4, 0.5) is 10.5 Å². The average molecular weight is 464 g/mol. The van der Waals surface area contributed by atoms with Gasteiger partial charge < -0.3 is 15.4 Å². The van der Waals surface area contributed by atoms with E-state index in [1.54, 1.807) is 44.8 Å². The number of amides is 2. The summed E-state index contributed by atoms with van der Waals surface area (Å²) in [4.78, 5) is 30.7. The molecular weight excluding hydrogens is 434 g/mol. The van der Waals surface area contributed by atoms with Crippen molar-refractivity contribution in [1.82, 2.24) is 10.3 Å². The molecule has 1 unspecified atom stereocenters. The molecule has 0 bridgehead atoms. The van der Waals surface area contributed by atoms with Gasteiger partial charge in [-0.05, 0) is 62.7 Å². The molecule has 6 nitrogen and oxygen atoms in total. The highest BCUT2D eigenvalue weighted by molar-refractivity contribution is 7.98. The summed E-state index contributed by atoms with van der Waals surface area (Å²) < 4.78 is 5.33. The summed E-state index contributed by atoms with van der Waals surface area (Å²) in [5, 5.41) is 5.56. The molecule has 3 rings (SSSR count). The van der Waals surface area contributed by atoms with Crippen molar-refractivity contribution in [3.05, 3.63) is 90.3 Å². The van der Waals surface area contributed by atoms with Crippen LogP contribution in [0.1, 0.15) is 32.0 Å². The average Bonchev–Trinajstić information content (AvgIpc) is 2.78. The quantitative estimate of drug-likeness (QED) is 0.434. The predicted molar refractivity (Wildman–Crippen MR) is 132 cm³/mol. The van der Waals surface area contributed by atoms with E-state index in [2.05, 4.69) is 27.8 Å². The van der Waals surface area contributed by atoms with Crippen LogP contribution in [0, 0.1) is 0 Å². The van der Waals surface area contributed by atoms with Crippen molar-refractivity contribution in [2.45, 2.75) is 49.5 Å². The van der Waals surface area contributed by atoms with Crippen LogP contribution in [-0.4, -0.2) is 28.6 Å². The van der Waals surface area contributed by atoms with Gasteiger partial charge in [0.05, 0.1) is 0 Å². The fourth-order valence-corrected chi connectivity index (χ4v) is 3.85. The van der Waals surface area contributed by atoms with Crippen molar-refractivity contribution in [2.75, 3.05) is 5.32 Å². The Labute approximate surface area is 199 Å². The van der Waals surface area contributed by atoms with E-state index in [4.69, 9.17) is 4.74 Å². The Hall–Kier alpha value is -3.32. The third-order valence-corrected chi connectivity index (χ3v) is 5.60. The number of hydrogen-bond acceptors (Lipinski definition) is 5. The van der Waals surface area contributed by atoms with Gasteiger partial charge in [-0.25, -0.2) is 4.79 Å². The lowest BCUT2D eigenvalue weighted by atomic mass is 10.1. The van der Waals surface area contributed by atoms with E-state index in [0.29, 0.717) is 11.4 Å². The van der Waals surface area contributed by atoms with Crippen molar-refractivity contribution < 1.29 is 14.3 Å². The topological polar surface area (TPSA) is 80.3 Å². The number of carbonyl (C=O) groups is 2. The van der Waals surface area contributed by atoms with Crippen molar-refractivity contribution in [3.8, 4) is 0 Å². The molecule has 2 aromatic carbocycles. The zero-order valence-electron chi connectivity index (χ0n) is 19.1. The molecule has 0 aliphatic heterocycles. The van der Waals surface area contributed by atoms with Crippen LogP contribution in [-0.2, 0) is 21.7 Å². The van der Waals surface area contributed by atoms with Crippen LogP contribution in [0.15, 0.2) is 83.9 Å². The van der Waals surface area contributed by atoms with E-state index in [0.717, 1.165) is 10.6 Å². The van der Waals surface area contributed by atoms with Gasteiger partial charge >= 0.3 is 6.09 Å². The number of thioether (sulfide) groups is 1. The Kier molecular flexibility index (Phi) is 8.49. The zero-order valence-corrected chi connectivity index (χ0v) is 19.9. The molecule has 0 aliphatic rings. The second kappa shape index (κ2) is 11.5. The summed E-state index contributed by atoms with van der Waals surface area (Å²) in [5.74, 6) is 0.537. The molecule has 7 heteroatoms. The molecule has 0 aliphatic carbocycles. The number of alkyl carbamates (subject to hydrolysis) is 1. The maximum Gasteiger partial charge on any atom is 0.408 e. The van der Waals surface area contributed by atoms with Crippen LogP contribution < -0.4 is 10.6 Å². The minimum absolute atomic E-state index is 0.247. The van der Waals surface area contributed by atoms with E-state index < -0.39 is 17.7 Å². The molecule has 3 aromatic rings. The van der Waals surface area contributed by atoms with Crippen LogP contribution in [0.3, 0.4) is 0 Å². The molecule has 1 atom stereocenters. The normalized spacial score (nSPS) is 12.0. The summed E-state index contributed by atoms with van der Waals surface area (Å²) in [6, 6.07) is 22.5. The highest BCUT2D eigenvalue weighted by atomic mass is 32.2. The second-order valence-electron chi connectivity index (χ2n) is 8.51. The lowest BCUT2D eigenvalue weighted by Crippen LogP contribution is -2.47. The van der Waals surface area contributed by atoms with Crippen molar-refractivity contribution in [1.29, 1.82) is 0 Å². The van der Waals surface area contributed by atoms with Gasteiger partial charge in [0.25, 0.3) is 0 Å². The summed E-state index contributed by atoms with van der Waals surface area (Å²) in [5.41, 5.74) is 1.94. The summed E-state index contributed by atoms with van der Waals surface area (Å²) in [7, 11) is 0. The number of nitrogens with one attached hydrogen (secondary N) is 2. The van der Waals surface area contributed by atoms with E-state index in [1.165, 1.54) is 5.56 Å². The Bertz CT molecular complexity index is 1040. The molecule has 1 aromatic heterocycles. The fraction of sp³-hybridized carbons (Fsp3) is 0.269. The SMILES string of the molecule is CC(C)(C)OC(=O)NC(Cc1ccccn1)C(=O)Nc1ccc(SCc2ccccc2)cc1. The number of nitrogens with zero attached hydrogens (tertiary/aromatic N) is 1. The maximum absolute atomic E-state index is 13.0. The van der Waals surface area contributed by atoms with E-state index in [9.17, 15) is 9.59 Å². The standard InChI is InChI=1S/C26H29N3O3S/c1-26(2,3)32-25(31)29-23(17-21-11-7-8-16-27-21)24(30)28-20-12-14-22(15-13-20)33-18-19-9-5-4-6-10-19/h4-16,23H,17-18H2,1-3H3,(H,28,30)(H,29,31). The lowest BCUT2D eigenvalue weighted by Gasteiger charge is -2.23. The molecule has 1 heterocycles. The van der Waals surface area contributed by atoms with Gasteiger partial charge in [-0.1, -0.05) is 36.4 Å². The first-order valence-corrected chi connectivity index (χ1v) is 11.7. The number of aromatic nitrogens is 1. The number of carbonyl (C=O) groups excluding carboxylic acids is 2. The minimum atomic E-state index is -0.832. The van der Waals surface area contributed by atoms with E-state index >= 15 is 0 Å². The highest BCUT2D eigenvalue weighted by Crippen LogP contribution is 2.24. The lowest BCUT2D eigenvalue weighted by molar-refractivity contribution is -0.118. The predicted octanol–water partition coefficient (Wildman–Crippen LogP) is 5.45. The number of rotatable bonds is 8. The molecule has 0 saturated carbocycles. The highest BCUT2D eigenvalue weighted by Gasteiger charge is 2.25. The molecule has 2 N–H and O–H groups in total. The smallest absolute Gasteiger partial charge is 0.408 e. The molecule has 172 valence electrons. The Balaban J connectivity index is 1.63. The van der Waals surface area contributed by atoms with Crippen molar-refractivity contribution in [3.63, 3.8) is 0 Å². The minimum Gasteiger partial charge on any atom is -0.444 e. The molecule has 0 radical (unpaired) electrons. The largest absolute Gasteiger partial charge is 0.444 e. The van der Waals surface area contributed by atoms with Crippen molar-refractivity contribution in [2.24, 2.45) is 0 Å². The van der Waals surface area contributed by atoms with Gasteiger partial charge in [0.15, 0.2) is 0 Å². The van der Waals surface area contributed by atoms with Crippen LogP contribution in [0.2, 0.25) is 0 Å². The molecular formula is C26H29N3O3S. The van der Waals surface area contributed by atoms with Gasteiger partial charge in [-0.3, -0.25) is 9.78 Å². The van der Waals surface area contributed by atoms with E-state index in [-0.39, 0.29) is 12.3 Å². The third-order valence-electron chi connectivity index (χ3n) is 4.52. The summed E-state index contributed by atoms with van der Waals surface area (Å²) >= 11 is 1.73. The molecule has 0 spiro atoms. The monoisotopic (exact) mass is 463 g/mol. The Morgan fingerprint density at radius 1 is 0.970 bits per heavy atom. The van der Waals surface area contributed by atoms with Crippen molar-refractivity contribution >= 4 is 29.4 Å². The zero-order chi connectivity index (χ0) is 23.7. The van der Waals surface area contributed by atoms with Gasteiger partial charge in [-0.15, -0.1) is 11.8 Å². The molecule has 0 saturated heterocycles. The molecule has 2 amide bonds. The van der Waals surface area contributed by atoms with Gasteiger partial charge in [0.1, 0.15) is 11.6 Å². The molecule has 33 heavy (non-hydrogen) atoms. The first kappa shape index (κ1) is 24.3. The van der Waals surface area contributed by atoms with Gasteiger partial charge in [-0.2, -0.15) is 0 Å². The summed E-state index contributed by atoms with van der Waals surface area (Å²) in [6.45, 7) is 5.33. The number of pyridine rings is 1. The van der Waals surface area contributed by atoms with Crippen LogP contribution in [0.5, 0.6) is 0 Å². The van der Waals surface area contributed by atoms with Gasteiger partial charge in [0, 0.05) is 34.6 Å². The first-order chi connectivity index (χ1) is 15.8. The van der Waals surface area contributed by atoms with E-state index in [1.807, 2.05) is 54.6 Å². The molecule has 0 fully saturated rings. The Morgan fingerprint density at radius 3 is 2.30 bits per heavy atom. The number of benzene rings is 2. The van der Waals surface area contributed by atoms with Gasteiger partial charge in [0.2, 0.25) is 5.91 Å². The number of hydrogen-bond donors (Lipinski definition) is 2. The summed E-state index contributed by atoms with van der Waals surface area (Å²) in [6.07, 6.45) is 1.26. The fourth-order valence-electron chi connectivity index (χ4n) is 2.99. The third kappa shape index (κ3) is 8.61.